The Morgan fingerprint density at radius 1 is 1.03 bits per heavy atom. The topological polar surface area (TPSA) is 73.0 Å². The van der Waals surface area contributed by atoms with Gasteiger partial charge in [-0.2, -0.15) is 0 Å². The van der Waals surface area contributed by atoms with Gasteiger partial charge in [-0.3, -0.25) is 14.5 Å². The molecule has 3 aliphatic heterocycles. The van der Waals surface area contributed by atoms with E-state index in [0.717, 1.165) is 42.6 Å². The van der Waals surface area contributed by atoms with E-state index in [0.29, 0.717) is 19.5 Å². The second-order valence-corrected chi connectivity index (χ2v) is 8.70. The Morgan fingerprint density at radius 3 is 2.66 bits per heavy atom. The SMILES string of the molecule is O=C1C2NCCCC2N(CC(=O)N2CCc3ccccc32)C(=O)N1CCc1ccccc1. The van der Waals surface area contributed by atoms with Gasteiger partial charge in [0.05, 0.1) is 6.04 Å². The first-order valence-electron chi connectivity index (χ1n) is 11.4. The molecule has 2 aromatic carbocycles. The number of carbonyl (C=O) groups excluding carboxylic acids is 3. The minimum atomic E-state index is -0.448. The van der Waals surface area contributed by atoms with Gasteiger partial charge < -0.3 is 15.1 Å². The van der Waals surface area contributed by atoms with Crippen molar-refractivity contribution in [2.45, 2.75) is 37.8 Å². The minimum Gasteiger partial charge on any atom is -0.310 e. The summed E-state index contributed by atoms with van der Waals surface area (Å²) < 4.78 is 0. The van der Waals surface area contributed by atoms with Crippen LogP contribution in [0.3, 0.4) is 0 Å². The molecule has 0 radical (unpaired) electrons. The van der Waals surface area contributed by atoms with E-state index in [9.17, 15) is 14.4 Å². The molecule has 32 heavy (non-hydrogen) atoms. The zero-order chi connectivity index (χ0) is 22.1. The molecular formula is C25H28N4O3. The fourth-order valence-electron chi connectivity index (χ4n) is 5.12. The summed E-state index contributed by atoms with van der Waals surface area (Å²) >= 11 is 0. The van der Waals surface area contributed by atoms with Crippen molar-refractivity contribution in [3.05, 3.63) is 65.7 Å². The predicted molar refractivity (Wildman–Crippen MR) is 121 cm³/mol. The quantitative estimate of drug-likeness (QED) is 0.786. The van der Waals surface area contributed by atoms with E-state index in [4.69, 9.17) is 0 Å². The van der Waals surface area contributed by atoms with Crippen molar-refractivity contribution < 1.29 is 14.4 Å². The Kier molecular flexibility index (Phi) is 5.66. The number of amides is 4. The number of imide groups is 1. The monoisotopic (exact) mass is 432 g/mol. The summed E-state index contributed by atoms with van der Waals surface area (Å²) in [6, 6.07) is 16.7. The molecule has 2 saturated heterocycles. The van der Waals surface area contributed by atoms with Crippen molar-refractivity contribution >= 4 is 23.5 Å². The molecule has 7 nitrogen and oxygen atoms in total. The highest BCUT2D eigenvalue weighted by Crippen LogP contribution is 2.29. The van der Waals surface area contributed by atoms with Crippen LogP contribution in [0.2, 0.25) is 0 Å². The molecule has 0 saturated carbocycles. The number of hydrogen-bond donors (Lipinski definition) is 1. The standard InChI is InChI=1S/C25H28N4O3/c30-22(27-16-13-19-9-4-5-10-20(19)27)17-29-21-11-6-14-26-23(21)24(31)28(25(29)32)15-12-18-7-2-1-3-8-18/h1-5,7-10,21,23,26H,6,11-17H2. The molecule has 2 unspecified atom stereocenters. The minimum absolute atomic E-state index is 0.00880. The van der Waals surface area contributed by atoms with Crippen LogP contribution in [0.5, 0.6) is 0 Å². The van der Waals surface area contributed by atoms with Crippen LogP contribution >= 0.6 is 0 Å². The zero-order valence-corrected chi connectivity index (χ0v) is 18.1. The number of para-hydroxylation sites is 1. The van der Waals surface area contributed by atoms with Crippen molar-refractivity contribution in [2.24, 2.45) is 0 Å². The first-order valence-corrected chi connectivity index (χ1v) is 11.4. The highest BCUT2D eigenvalue weighted by atomic mass is 16.2. The lowest BCUT2D eigenvalue weighted by Gasteiger charge is -2.47. The number of urea groups is 1. The lowest BCUT2D eigenvalue weighted by atomic mass is 9.93. The van der Waals surface area contributed by atoms with Crippen molar-refractivity contribution in [1.29, 1.82) is 0 Å². The molecule has 7 heteroatoms. The molecule has 1 N–H and O–H groups in total. The first-order chi connectivity index (χ1) is 15.6. The number of hydrogen-bond acceptors (Lipinski definition) is 4. The van der Waals surface area contributed by atoms with E-state index in [2.05, 4.69) is 5.32 Å². The van der Waals surface area contributed by atoms with Crippen molar-refractivity contribution in [3.63, 3.8) is 0 Å². The number of carbonyl (C=O) groups is 3. The number of piperidine rings is 1. The van der Waals surface area contributed by atoms with Gasteiger partial charge in [0.25, 0.3) is 0 Å². The molecule has 3 aliphatic rings. The zero-order valence-electron chi connectivity index (χ0n) is 18.1. The van der Waals surface area contributed by atoms with E-state index >= 15 is 0 Å². The number of nitrogens with one attached hydrogen (secondary N) is 1. The van der Waals surface area contributed by atoms with Crippen LogP contribution in [0.4, 0.5) is 10.5 Å². The molecule has 5 rings (SSSR count). The van der Waals surface area contributed by atoms with Crippen LogP contribution in [-0.2, 0) is 22.4 Å². The second kappa shape index (κ2) is 8.74. The lowest BCUT2D eigenvalue weighted by molar-refractivity contribution is -0.138. The Labute approximate surface area is 188 Å². The van der Waals surface area contributed by atoms with E-state index in [-0.39, 0.29) is 30.4 Å². The lowest BCUT2D eigenvalue weighted by Crippen LogP contribution is -2.70. The highest BCUT2D eigenvalue weighted by Gasteiger charge is 2.47. The van der Waals surface area contributed by atoms with E-state index in [1.165, 1.54) is 4.90 Å². The van der Waals surface area contributed by atoms with Crippen LogP contribution in [0.25, 0.3) is 0 Å². The molecule has 2 aromatic rings. The third kappa shape index (κ3) is 3.77. The van der Waals surface area contributed by atoms with Gasteiger partial charge >= 0.3 is 6.03 Å². The summed E-state index contributed by atoms with van der Waals surface area (Å²) in [4.78, 5) is 44.6. The Balaban J connectivity index is 1.35. The summed E-state index contributed by atoms with van der Waals surface area (Å²) in [6.07, 6.45) is 3.02. The normalized spacial score (nSPS) is 22.7. The Bertz CT molecular complexity index is 1020. The number of nitrogens with zero attached hydrogens (tertiary/aromatic N) is 3. The fraction of sp³-hybridized carbons (Fsp3) is 0.400. The number of rotatable bonds is 5. The van der Waals surface area contributed by atoms with Crippen LogP contribution in [0.1, 0.15) is 24.0 Å². The average Bonchev–Trinajstić information content (AvgIpc) is 3.27. The summed E-state index contributed by atoms with van der Waals surface area (Å²) in [5.41, 5.74) is 3.16. The predicted octanol–water partition coefficient (Wildman–Crippen LogP) is 2.20. The molecule has 166 valence electrons. The fourth-order valence-corrected chi connectivity index (χ4v) is 5.12. The summed E-state index contributed by atoms with van der Waals surface area (Å²) in [6.45, 7) is 1.67. The first kappa shape index (κ1) is 20.7. The van der Waals surface area contributed by atoms with Crippen LogP contribution < -0.4 is 10.2 Å². The third-order valence-electron chi connectivity index (χ3n) is 6.80. The number of anilines is 1. The third-order valence-corrected chi connectivity index (χ3v) is 6.80. The van der Waals surface area contributed by atoms with Gasteiger partial charge in [0.2, 0.25) is 11.8 Å². The molecular weight excluding hydrogens is 404 g/mol. The molecule has 3 heterocycles. The second-order valence-electron chi connectivity index (χ2n) is 8.70. The van der Waals surface area contributed by atoms with Crippen LogP contribution in [0.15, 0.2) is 54.6 Å². The molecule has 2 atom stereocenters. The van der Waals surface area contributed by atoms with Crippen molar-refractivity contribution in [1.82, 2.24) is 15.1 Å². The van der Waals surface area contributed by atoms with Crippen molar-refractivity contribution in [2.75, 3.05) is 31.1 Å². The molecule has 0 spiro atoms. The van der Waals surface area contributed by atoms with Gasteiger partial charge in [0.15, 0.2) is 0 Å². The number of fused-ring (bicyclic) bond motifs is 2. The maximum atomic E-state index is 13.4. The smallest absolute Gasteiger partial charge is 0.310 e. The largest absolute Gasteiger partial charge is 0.327 e. The Hall–Kier alpha value is -3.19. The van der Waals surface area contributed by atoms with Gasteiger partial charge in [-0.1, -0.05) is 48.5 Å². The molecule has 0 aromatic heterocycles. The summed E-state index contributed by atoms with van der Waals surface area (Å²) in [7, 11) is 0. The molecule has 0 bridgehead atoms. The van der Waals surface area contributed by atoms with Gasteiger partial charge in [-0.25, -0.2) is 4.79 Å². The average molecular weight is 433 g/mol. The highest BCUT2D eigenvalue weighted by molar-refractivity contribution is 6.03. The van der Waals surface area contributed by atoms with E-state index < -0.39 is 6.04 Å². The maximum Gasteiger partial charge on any atom is 0.327 e. The Morgan fingerprint density at radius 2 is 1.81 bits per heavy atom. The van der Waals surface area contributed by atoms with Gasteiger partial charge in [0.1, 0.15) is 12.6 Å². The van der Waals surface area contributed by atoms with Gasteiger partial charge in [0, 0.05) is 18.8 Å². The van der Waals surface area contributed by atoms with Gasteiger partial charge in [-0.15, -0.1) is 0 Å². The van der Waals surface area contributed by atoms with Crippen LogP contribution in [0, 0.1) is 0 Å². The molecule has 0 aliphatic carbocycles. The molecule has 2 fully saturated rings. The van der Waals surface area contributed by atoms with Crippen molar-refractivity contribution in [3.8, 4) is 0 Å². The summed E-state index contributed by atoms with van der Waals surface area (Å²) in [5.74, 6) is -0.268. The van der Waals surface area contributed by atoms with Gasteiger partial charge in [-0.05, 0) is 49.4 Å². The molecule has 4 amide bonds. The van der Waals surface area contributed by atoms with E-state index in [1.807, 2.05) is 54.6 Å². The van der Waals surface area contributed by atoms with Crippen LogP contribution in [-0.4, -0.2) is 65.9 Å². The number of benzene rings is 2. The van der Waals surface area contributed by atoms with E-state index in [1.54, 1.807) is 9.80 Å². The summed E-state index contributed by atoms with van der Waals surface area (Å²) in [5, 5.41) is 3.30. The maximum absolute atomic E-state index is 13.4.